The molecule has 2 nitrogen and oxygen atoms in total. The number of esters is 1. The van der Waals surface area contributed by atoms with Crippen molar-refractivity contribution in [2.24, 2.45) is 0 Å². The first-order valence-corrected chi connectivity index (χ1v) is 7.67. The van der Waals surface area contributed by atoms with Gasteiger partial charge in [-0.3, -0.25) is 4.79 Å². The van der Waals surface area contributed by atoms with Crippen LogP contribution in [0.3, 0.4) is 0 Å². The maximum atomic E-state index is 12.1. The van der Waals surface area contributed by atoms with Gasteiger partial charge in [0, 0.05) is 0 Å². The minimum Gasteiger partial charge on any atom is -0.466 e. The van der Waals surface area contributed by atoms with Crippen LogP contribution in [0.1, 0.15) is 70.9 Å². The van der Waals surface area contributed by atoms with Crippen LogP contribution >= 0.6 is 0 Å². The predicted octanol–water partition coefficient (Wildman–Crippen LogP) is 4.82. The summed E-state index contributed by atoms with van der Waals surface area (Å²) in [6, 6.07) is 8.43. The maximum absolute atomic E-state index is 12.1. The van der Waals surface area contributed by atoms with Gasteiger partial charge in [-0.2, -0.15) is 0 Å². The van der Waals surface area contributed by atoms with Gasteiger partial charge in [-0.1, -0.05) is 64.8 Å². The maximum Gasteiger partial charge on any atom is 0.313 e. The smallest absolute Gasteiger partial charge is 0.313 e. The minimum atomic E-state index is -0.121. The van der Waals surface area contributed by atoms with Crippen molar-refractivity contribution in [2.45, 2.75) is 65.2 Å². The molecule has 1 aromatic rings. The first-order chi connectivity index (χ1) is 9.40. The Morgan fingerprint density at radius 2 is 1.75 bits per heavy atom. The van der Waals surface area contributed by atoms with E-state index in [4.69, 9.17) is 4.74 Å². The van der Waals surface area contributed by atoms with Crippen molar-refractivity contribution in [2.75, 3.05) is 6.61 Å². The van der Waals surface area contributed by atoms with Crippen LogP contribution in [-0.4, -0.2) is 12.6 Å². The van der Waals surface area contributed by atoms with Crippen LogP contribution < -0.4 is 0 Å². The zero-order chi connectivity index (χ0) is 15.2. The Morgan fingerprint density at radius 3 is 2.20 bits per heavy atom. The molecule has 0 spiro atoms. The quantitative estimate of drug-likeness (QED) is 0.696. The summed E-state index contributed by atoms with van der Waals surface area (Å²) >= 11 is 0. The van der Waals surface area contributed by atoms with Gasteiger partial charge < -0.3 is 4.74 Å². The van der Waals surface area contributed by atoms with Gasteiger partial charge in [0.25, 0.3) is 0 Å². The first kappa shape index (κ1) is 16.7. The molecule has 1 aromatic carbocycles. The molecule has 1 rings (SSSR count). The highest BCUT2D eigenvalue weighted by molar-refractivity contribution is 5.78. The summed E-state index contributed by atoms with van der Waals surface area (Å²) in [6.07, 6.45) is 3.00. The van der Waals surface area contributed by atoms with E-state index in [0.29, 0.717) is 6.61 Å². The third-order valence-electron chi connectivity index (χ3n) is 3.60. The molecule has 0 aliphatic rings. The molecule has 0 N–H and O–H groups in total. The second kappa shape index (κ2) is 7.47. The molecule has 0 heterocycles. The summed E-state index contributed by atoms with van der Waals surface area (Å²) in [5.74, 6) is -0.214. The van der Waals surface area contributed by atoms with E-state index in [2.05, 4.69) is 52.0 Å². The zero-order valence-electron chi connectivity index (χ0n) is 13.5. The Kier molecular flexibility index (Phi) is 6.25. The number of hydrogen-bond donors (Lipinski definition) is 0. The highest BCUT2D eigenvalue weighted by atomic mass is 16.5. The van der Waals surface area contributed by atoms with Crippen LogP contribution in [0.5, 0.6) is 0 Å². The first-order valence-electron chi connectivity index (χ1n) is 7.67. The number of carbonyl (C=O) groups is 1. The lowest BCUT2D eigenvalue weighted by Gasteiger charge is -2.21. The highest BCUT2D eigenvalue weighted by Gasteiger charge is 2.22. The SMILES string of the molecule is CCCCC(C(=O)OCC)c1ccc(C(C)(C)C)cc1. The minimum absolute atomic E-state index is 0.0931. The van der Waals surface area contributed by atoms with Gasteiger partial charge in [0.2, 0.25) is 0 Å². The normalized spacial score (nSPS) is 13.1. The molecule has 112 valence electrons. The van der Waals surface area contributed by atoms with Crippen molar-refractivity contribution >= 4 is 5.97 Å². The second-order valence-corrected chi connectivity index (χ2v) is 6.32. The Balaban J connectivity index is 2.93. The van der Waals surface area contributed by atoms with Gasteiger partial charge in [0.05, 0.1) is 12.5 Å². The van der Waals surface area contributed by atoms with Gasteiger partial charge in [-0.15, -0.1) is 0 Å². The second-order valence-electron chi connectivity index (χ2n) is 6.32. The topological polar surface area (TPSA) is 26.3 Å². The van der Waals surface area contributed by atoms with E-state index in [1.54, 1.807) is 0 Å². The molecule has 0 saturated heterocycles. The van der Waals surface area contributed by atoms with E-state index in [1.807, 2.05) is 6.92 Å². The van der Waals surface area contributed by atoms with E-state index >= 15 is 0 Å². The van der Waals surface area contributed by atoms with E-state index in [0.717, 1.165) is 24.8 Å². The van der Waals surface area contributed by atoms with Crippen molar-refractivity contribution in [3.63, 3.8) is 0 Å². The summed E-state index contributed by atoms with van der Waals surface area (Å²) in [5, 5.41) is 0. The van der Waals surface area contributed by atoms with Gasteiger partial charge in [0.1, 0.15) is 0 Å². The third kappa shape index (κ3) is 4.66. The molecule has 0 aliphatic heterocycles. The number of carbonyl (C=O) groups excluding carboxylic acids is 1. The number of unbranched alkanes of at least 4 members (excludes halogenated alkanes) is 1. The number of ether oxygens (including phenoxy) is 1. The van der Waals surface area contributed by atoms with Crippen molar-refractivity contribution in [3.05, 3.63) is 35.4 Å². The van der Waals surface area contributed by atoms with Crippen molar-refractivity contribution < 1.29 is 9.53 Å². The summed E-state index contributed by atoms with van der Waals surface area (Å²) in [7, 11) is 0. The Labute approximate surface area is 123 Å². The largest absolute Gasteiger partial charge is 0.466 e. The lowest BCUT2D eigenvalue weighted by Crippen LogP contribution is -2.17. The van der Waals surface area contributed by atoms with Crippen LogP contribution in [0, 0.1) is 0 Å². The third-order valence-corrected chi connectivity index (χ3v) is 3.60. The van der Waals surface area contributed by atoms with E-state index in [-0.39, 0.29) is 17.3 Å². The summed E-state index contributed by atoms with van der Waals surface area (Å²) in [4.78, 5) is 12.1. The zero-order valence-corrected chi connectivity index (χ0v) is 13.5. The fraction of sp³-hybridized carbons (Fsp3) is 0.611. The summed E-state index contributed by atoms with van der Waals surface area (Å²) in [5.41, 5.74) is 2.51. The lowest BCUT2D eigenvalue weighted by atomic mass is 9.85. The van der Waals surface area contributed by atoms with Crippen LogP contribution in [0.4, 0.5) is 0 Å². The van der Waals surface area contributed by atoms with Crippen LogP contribution in [-0.2, 0) is 14.9 Å². The molecule has 20 heavy (non-hydrogen) atoms. The number of benzene rings is 1. The van der Waals surface area contributed by atoms with Gasteiger partial charge >= 0.3 is 5.97 Å². The molecule has 0 aromatic heterocycles. The standard InChI is InChI=1S/C18H28O2/c1-6-8-9-16(17(19)20-7-2)14-10-12-15(13-11-14)18(3,4)5/h10-13,16H,6-9H2,1-5H3. The highest BCUT2D eigenvalue weighted by Crippen LogP contribution is 2.27. The monoisotopic (exact) mass is 276 g/mol. The summed E-state index contributed by atoms with van der Waals surface area (Å²) < 4.78 is 5.21. The molecular weight excluding hydrogens is 248 g/mol. The molecular formula is C18H28O2. The van der Waals surface area contributed by atoms with Crippen LogP contribution in [0.25, 0.3) is 0 Å². The molecule has 0 aliphatic carbocycles. The molecule has 0 amide bonds. The average molecular weight is 276 g/mol. The Bertz CT molecular complexity index is 412. The molecule has 0 radical (unpaired) electrons. The molecule has 0 bridgehead atoms. The Hall–Kier alpha value is -1.31. The fourth-order valence-corrected chi connectivity index (χ4v) is 2.29. The van der Waals surface area contributed by atoms with Crippen LogP contribution in [0.2, 0.25) is 0 Å². The lowest BCUT2D eigenvalue weighted by molar-refractivity contribution is -0.145. The van der Waals surface area contributed by atoms with Crippen molar-refractivity contribution in [1.29, 1.82) is 0 Å². The van der Waals surface area contributed by atoms with Gasteiger partial charge in [0.15, 0.2) is 0 Å². The van der Waals surface area contributed by atoms with Crippen molar-refractivity contribution in [3.8, 4) is 0 Å². The predicted molar refractivity (Wildman–Crippen MR) is 84.0 cm³/mol. The van der Waals surface area contributed by atoms with Crippen LogP contribution in [0.15, 0.2) is 24.3 Å². The van der Waals surface area contributed by atoms with Gasteiger partial charge in [-0.05, 0) is 29.9 Å². The van der Waals surface area contributed by atoms with Crippen molar-refractivity contribution in [1.82, 2.24) is 0 Å². The Morgan fingerprint density at radius 1 is 1.15 bits per heavy atom. The molecule has 2 heteroatoms. The molecule has 0 saturated carbocycles. The fourth-order valence-electron chi connectivity index (χ4n) is 2.29. The molecule has 1 unspecified atom stereocenters. The summed E-state index contributed by atoms with van der Waals surface area (Å²) in [6.45, 7) is 11.0. The van der Waals surface area contributed by atoms with E-state index < -0.39 is 0 Å². The average Bonchev–Trinajstić information content (AvgIpc) is 2.39. The molecule has 0 fully saturated rings. The van der Waals surface area contributed by atoms with Gasteiger partial charge in [-0.25, -0.2) is 0 Å². The van der Waals surface area contributed by atoms with E-state index in [1.165, 1.54) is 5.56 Å². The number of rotatable bonds is 6. The van der Waals surface area contributed by atoms with E-state index in [9.17, 15) is 4.79 Å². The number of hydrogen-bond acceptors (Lipinski definition) is 2. The molecule has 1 atom stereocenters.